The van der Waals surface area contributed by atoms with E-state index in [0.29, 0.717) is 18.9 Å². The zero-order valence-electron chi connectivity index (χ0n) is 12.4. The molecule has 20 heavy (non-hydrogen) atoms. The van der Waals surface area contributed by atoms with E-state index in [1.54, 1.807) is 0 Å². The van der Waals surface area contributed by atoms with Gasteiger partial charge in [0.25, 0.3) is 0 Å². The van der Waals surface area contributed by atoms with Gasteiger partial charge in [-0.2, -0.15) is 0 Å². The predicted octanol–water partition coefficient (Wildman–Crippen LogP) is 2.72. The Kier molecular flexibility index (Phi) is 5.41. The number of carbonyl (C=O) groups excluding carboxylic acids is 1. The molecule has 1 heterocycles. The van der Waals surface area contributed by atoms with E-state index in [9.17, 15) is 4.79 Å². The van der Waals surface area contributed by atoms with Gasteiger partial charge in [-0.25, -0.2) is 0 Å². The summed E-state index contributed by atoms with van der Waals surface area (Å²) < 4.78 is 5.71. The second kappa shape index (κ2) is 7.29. The molecule has 0 radical (unpaired) electrons. The normalized spacial score (nSPS) is 18.0. The number of benzene rings is 1. The van der Waals surface area contributed by atoms with E-state index in [1.165, 1.54) is 0 Å². The fraction of sp³-hybridized carbons (Fsp3) is 0.562. The summed E-state index contributed by atoms with van der Waals surface area (Å²) in [6.45, 7) is 6.72. The number of amides is 1. The summed E-state index contributed by atoms with van der Waals surface area (Å²) in [5.74, 6) is 1.30. The first kappa shape index (κ1) is 14.9. The van der Waals surface area contributed by atoms with Gasteiger partial charge in [-0.3, -0.25) is 4.79 Å². The van der Waals surface area contributed by atoms with Crippen molar-refractivity contribution in [3.8, 4) is 5.75 Å². The van der Waals surface area contributed by atoms with Crippen LogP contribution >= 0.6 is 0 Å². The van der Waals surface area contributed by atoms with Crippen molar-refractivity contribution in [1.29, 1.82) is 0 Å². The van der Waals surface area contributed by atoms with Gasteiger partial charge in [-0.1, -0.05) is 13.0 Å². The molecule has 1 aliphatic rings. The van der Waals surface area contributed by atoms with Gasteiger partial charge in [0.05, 0.1) is 12.3 Å². The highest BCUT2D eigenvalue weighted by atomic mass is 16.5. The highest BCUT2D eigenvalue weighted by molar-refractivity contribution is 5.92. The summed E-state index contributed by atoms with van der Waals surface area (Å²) in [6.07, 6.45) is 2.61. The average molecular weight is 276 g/mol. The lowest BCUT2D eigenvalue weighted by atomic mass is 10.0. The molecule has 0 spiro atoms. The second-order valence-corrected chi connectivity index (χ2v) is 5.46. The van der Waals surface area contributed by atoms with Gasteiger partial charge in [0, 0.05) is 6.42 Å². The van der Waals surface area contributed by atoms with E-state index in [2.05, 4.69) is 17.6 Å². The van der Waals surface area contributed by atoms with Crippen LogP contribution in [0.3, 0.4) is 0 Å². The molecule has 1 aromatic rings. The number of hydrogen-bond donors (Lipinski definition) is 2. The van der Waals surface area contributed by atoms with Crippen LogP contribution in [0.25, 0.3) is 0 Å². The highest BCUT2D eigenvalue weighted by Gasteiger charge is 2.18. The van der Waals surface area contributed by atoms with Gasteiger partial charge in [0.2, 0.25) is 5.91 Å². The van der Waals surface area contributed by atoms with Gasteiger partial charge in [-0.15, -0.1) is 0 Å². The fourth-order valence-electron chi connectivity index (χ4n) is 2.42. The number of aryl methyl sites for hydroxylation is 1. The maximum Gasteiger partial charge on any atom is 0.224 e. The molecule has 1 amide bonds. The highest BCUT2D eigenvalue weighted by Crippen LogP contribution is 2.26. The largest absolute Gasteiger partial charge is 0.491 e. The Morgan fingerprint density at radius 1 is 1.50 bits per heavy atom. The van der Waals surface area contributed by atoms with Gasteiger partial charge in [0.1, 0.15) is 5.75 Å². The first-order valence-electron chi connectivity index (χ1n) is 7.43. The van der Waals surface area contributed by atoms with E-state index >= 15 is 0 Å². The van der Waals surface area contributed by atoms with Crippen molar-refractivity contribution in [2.75, 3.05) is 25.0 Å². The van der Waals surface area contributed by atoms with Gasteiger partial charge in [0.15, 0.2) is 0 Å². The molecule has 0 saturated carbocycles. The molecular formula is C16H24N2O2. The van der Waals surface area contributed by atoms with E-state index < -0.39 is 0 Å². The molecule has 2 rings (SSSR count). The Hall–Kier alpha value is -1.55. The van der Waals surface area contributed by atoms with Crippen LogP contribution in [0.1, 0.15) is 31.7 Å². The number of carbonyl (C=O) groups is 1. The third-order valence-corrected chi connectivity index (χ3v) is 3.51. The maximum absolute atomic E-state index is 12.1. The lowest BCUT2D eigenvalue weighted by molar-refractivity contribution is -0.117. The van der Waals surface area contributed by atoms with Crippen LogP contribution in [0.15, 0.2) is 18.2 Å². The SMILES string of the molecule is CCCOc1cc(C)ccc1NC(=O)CC1CCNC1. The Morgan fingerprint density at radius 2 is 2.35 bits per heavy atom. The zero-order chi connectivity index (χ0) is 14.4. The summed E-state index contributed by atoms with van der Waals surface area (Å²) in [6, 6.07) is 5.89. The molecule has 1 aromatic carbocycles. The van der Waals surface area contributed by atoms with Crippen LogP contribution in [0.5, 0.6) is 5.75 Å². The molecular weight excluding hydrogens is 252 g/mol. The van der Waals surface area contributed by atoms with Gasteiger partial charge >= 0.3 is 0 Å². The minimum absolute atomic E-state index is 0.0731. The third-order valence-electron chi connectivity index (χ3n) is 3.51. The van der Waals surface area contributed by atoms with Crippen molar-refractivity contribution in [2.24, 2.45) is 5.92 Å². The molecule has 0 aromatic heterocycles. The zero-order valence-corrected chi connectivity index (χ0v) is 12.4. The number of ether oxygens (including phenoxy) is 1. The van der Waals surface area contributed by atoms with Gasteiger partial charge < -0.3 is 15.4 Å². The molecule has 1 aliphatic heterocycles. The van der Waals surface area contributed by atoms with E-state index in [0.717, 1.165) is 42.9 Å². The lowest BCUT2D eigenvalue weighted by Gasteiger charge is -2.14. The van der Waals surface area contributed by atoms with Crippen molar-refractivity contribution >= 4 is 11.6 Å². The minimum Gasteiger partial charge on any atom is -0.491 e. The maximum atomic E-state index is 12.1. The summed E-state index contributed by atoms with van der Waals surface area (Å²) >= 11 is 0. The molecule has 110 valence electrons. The van der Waals surface area contributed by atoms with Crippen molar-refractivity contribution in [3.63, 3.8) is 0 Å². The average Bonchev–Trinajstić information content (AvgIpc) is 2.91. The Morgan fingerprint density at radius 3 is 3.05 bits per heavy atom. The number of rotatable bonds is 6. The third kappa shape index (κ3) is 4.23. The molecule has 1 atom stereocenters. The second-order valence-electron chi connectivity index (χ2n) is 5.46. The quantitative estimate of drug-likeness (QED) is 0.840. The molecule has 4 nitrogen and oxygen atoms in total. The summed E-state index contributed by atoms with van der Waals surface area (Å²) in [7, 11) is 0. The van der Waals surface area contributed by atoms with Crippen molar-refractivity contribution in [1.82, 2.24) is 5.32 Å². The smallest absolute Gasteiger partial charge is 0.224 e. The number of anilines is 1. The fourth-order valence-corrected chi connectivity index (χ4v) is 2.42. The summed E-state index contributed by atoms with van der Waals surface area (Å²) in [4.78, 5) is 12.1. The Labute approximate surface area is 120 Å². The number of nitrogens with one attached hydrogen (secondary N) is 2. The molecule has 1 fully saturated rings. The van der Waals surface area contributed by atoms with Crippen molar-refractivity contribution in [2.45, 2.75) is 33.1 Å². The molecule has 1 unspecified atom stereocenters. The van der Waals surface area contributed by atoms with Crippen LogP contribution in [0, 0.1) is 12.8 Å². The Bertz CT molecular complexity index is 454. The Balaban J connectivity index is 1.97. The van der Waals surface area contributed by atoms with Crippen LogP contribution in [0.4, 0.5) is 5.69 Å². The summed E-state index contributed by atoms with van der Waals surface area (Å²) in [5, 5.41) is 6.27. The van der Waals surface area contributed by atoms with E-state index in [4.69, 9.17) is 4.74 Å². The van der Waals surface area contributed by atoms with E-state index in [-0.39, 0.29) is 5.91 Å². The van der Waals surface area contributed by atoms with E-state index in [1.807, 2.05) is 25.1 Å². The topological polar surface area (TPSA) is 50.4 Å². The van der Waals surface area contributed by atoms with Crippen molar-refractivity contribution in [3.05, 3.63) is 23.8 Å². The number of hydrogen-bond acceptors (Lipinski definition) is 3. The molecule has 0 bridgehead atoms. The monoisotopic (exact) mass is 276 g/mol. The minimum atomic E-state index is 0.0731. The first-order valence-corrected chi connectivity index (χ1v) is 7.43. The van der Waals surface area contributed by atoms with Crippen molar-refractivity contribution < 1.29 is 9.53 Å². The lowest BCUT2D eigenvalue weighted by Crippen LogP contribution is -2.18. The standard InChI is InChI=1S/C16H24N2O2/c1-3-8-20-15-9-12(2)4-5-14(15)18-16(19)10-13-6-7-17-11-13/h4-5,9,13,17H,3,6-8,10-11H2,1-2H3,(H,18,19). The molecule has 2 N–H and O–H groups in total. The van der Waals surface area contributed by atoms with Gasteiger partial charge in [-0.05, 0) is 56.5 Å². The molecule has 4 heteroatoms. The van der Waals surface area contributed by atoms with Crippen LogP contribution < -0.4 is 15.4 Å². The molecule has 0 aliphatic carbocycles. The molecule has 1 saturated heterocycles. The summed E-state index contributed by atoms with van der Waals surface area (Å²) in [5.41, 5.74) is 1.91. The van der Waals surface area contributed by atoms with Crippen LogP contribution in [0.2, 0.25) is 0 Å². The van der Waals surface area contributed by atoms with Crippen LogP contribution in [-0.4, -0.2) is 25.6 Å². The van der Waals surface area contributed by atoms with Crippen LogP contribution in [-0.2, 0) is 4.79 Å². The first-order chi connectivity index (χ1) is 9.69. The predicted molar refractivity (Wildman–Crippen MR) is 81.2 cm³/mol.